The average molecular weight is 585 g/mol. The van der Waals surface area contributed by atoms with Gasteiger partial charge in [0, 0.05) is 58.8 Å². The molecular formula is C31H56N2O8. The zero-order chi connectivity index (χ0) is 30.9. The number of esters is 2. The van der Waals surface area contributed by atoms with Crippen molar-refractivity contribution in [2.24, 2.45) is 29.4 Å². The van der Waals surface area contributed by atoms with Crippen LogP contribution < -0.4 is 5.73 Å². The summed E-state index contributed by atoms with van der Waals surface area (Å²) in [7, 11) is 5.00. The van der Waals surface area contributed by atoms with E-state index in [-0.39, 0.29) is 53.9 Å². The SMILES string of the molecule is CO[C@@H]([C@@H](C)[C@@H](CC[C@H](C)[C@H](C[C@H](OC(=O)CCCN)C(C)C)OC)OC(=O)[C@H]1CCCO1)[C@H](C)/C=C/N(C)C=O. The van der Waals surface area contributed by atoms with E-state index in [1.54, 1.807) is 27.5 Å². The van der Waals surface area contributed by atoms with Crippen molar-refractivity contribution in [3.63, 3.8) is 0 Å². The minimum atomic E-state index is -0.533. The predicted octanol–water partition coefficient (Wildman–Crippen LogP) is 4.09. The molecule has 0 unspecified atom stereocenters. The number of ether oxygens (including phenoxy) is 5. The molecule has 1 rings (SSSR count). The second-order valence-electron chi connectivity index (χ2n) is 11.7. The highest BCUT2D eigenvalue weighted by molar-refractivity contribution is 5.75. The fourth-order valence-electron chi connectivity index (χ4n) is 5.29. The first kappa shape index (κ1) is 37.0. The van der Waals surface area contributed by atoms with Crippen LogP contribution in [0.3, 0.4) is 0 Å². The van der Waals surface area contributed by atoms with Crippen LogP contribution in [0, 0.1) is 23.7 Å². The fraction of sp³-hybridized carbons (Fsp3) is 0.839. The molecule has 10 nitrogen and oxygen atoms in total. The molecular weight excluding hydrogens is 528 g/mol. The van der Waals surface area contributed by atoms with Crippen molar-refractivity contribution in [3.8, 4) is 0 Å². The van der Waals surface area contributed by atoms with E-state index in [4.69, 9.17) is 29.4 Å². The Balaban J connectivity index is 3.00. The van der Waals surface area contributed by atoms with E-state index < -0.39 is 12.2 Å². The zero-order valence-electron chi connectivity index (χ0n) is 26.6. The first-order chi connectivity index (χ1) is 19.5. The van der Waals surface area contributed by atoms with Crippen LogP contribution in [0.15, 0.2) is 12.3 Å². The quantitative estimate of drug-likeness (QED) is 0.157. The molecule has 8 atom stereocenters. The van der Waals surface area contributed by atoms with E-state index in [2.05, 4.69) is 6.92 Å². The lowest BCUT2D eigenvalue weighted by Crippen LogP contribution is -2.40. The highest BCUT2D eigenvalue weighted by Crippen LogP contribution is 2.30. The van der Waals surface area contributed by atoms with E-state index >= 15 is 0 Å². The standard InChI is InChI=1S/C31H56N2O8/c1-21(2)27(40-29(35)12-9-16-32)19-28(37-7)22(3)13-14-25(41-31(36)26-11-10-18-39-26)24(5)30(38-8)23(4)15-17-33(6)20-34/h15,17,20-28,30H,9-14,16,18-19,32H2,1-8H3/b17-15+/t22-,23+,24-,25+,26+,27-,28-,30+/m0/s1. The molecule has 0 aromatic carbocycles. The van der Waals surface area contributed by atoms with Crippen molar-refractivity contribution >= 4 is 18.3 Å². The summed E-state index contributed by atoms with van der Waals surface area (Å²) in [6.45, 7) is 11.2. The van der Waals surface area contributed by atoms with Gasteiger partial charge in [-0.25, -0.2) is 4.79 Å². The van der Waals surface area contributed by atoms with Crippen molar-refractivity contribution in [2.75, 3.05) is 34.4 Å². The molecule has 1 aliphatic rings. The molecule has 10 heteroatoms. The molecule has 0 bridgehead atoms. The van der Waals surface area contributed by atoms with Gasteiger partial charge >= 0.3 is 11.9 Å². The van der Waals surface area contributed by atoms with Gasteiger partial charge in [0.1, 0.15) is 12.2 Å². The summed E-state index contributed by atoms with van der Waals surface area (Å²) in [6.07, 6.45) is 7.08. The fourth-order valence-corrected chi connectivity index (χ4v) is 5.29. The highest BCUT2D eigenvalue weighted by Gasteiger charge is 2.35. The molecule has 0 aromatic heterocycles. The Hall–Kier alpha value is -2.01. The van der Waals surface area contributed by atoms with Crippen LogP contribution in [0.25, 0.3) is 0 Å². The number of methoxy groups -OCH3 is 2. The lowest BCUT2D eigenvalue weighted by atomic mass is 9.84. The van der Waals surface area contributed by atoms with Crippen LogP contribution in [-0.2, 0) is 38.1 Å². The normalized spacial score (nSPS) is 20.7. The predicted molar refractivity (Wildman–Crippen MR) is 158 cm³/mol. The number of carbonyl (C=O) groups is 3. The number of hydrogen-bond donors (Lipinski definition) is 1. The number of nitrogens with two attached hydrogens (primary N) is 1. The Morgan fingerprint density at radius 1 is 1.02 bits per heavy atom. The van der Waals surface area contributed by atoms with E-state index in [9.17, 15) is 14.4 Å². The van der Waals surface area contributed by atoms with Gasteiger partial charge in [0.05, 0.1) is 12.2 Å². The lowest BCUT2D eigenvalue weighted by molar-refractivity contribution is -0.166. The molecule has 1 heterocycles. The molecule has 41 heavy (non-hydrogen) atoms. The number of carbonyl (C=O) groups excluding carboxylic acids is 3. The van der Waals surface area contributed by atoms with Crippen LogP contribution in [0.4, 0.5) is 0 Å². The van der Waals surface area contributed by atoms with Crippen molar-refractivity contribution in [1.82, 2.24) is 4.90 Å². The summed E-state index contributed by atoms with van der Waals surface area (Å²) in [6, 6.07) is 0. The van der Waals surface area contributed by atoms with Crippen molar-refractivity contribution in [2.45, 2.75) is 110 Å². The van der Waals surface area contributed by atoms with Crippen LogP contribution in [0.5, 0.6) is 0 Å². The third kappa shape index (κ3) is 13.2. The number of hydrogen-bond acceptors (Lipinski definition) is 9. The first-order valence-corrected chi connectivity index (χ1v) is 15.1. The minimum Gasteiger partial charge on any atom is -0.462 e. The molecule has 1 fully saturated rings. The highest BCUT2D eigenvalue weighted by atomic mass is 16.6. The molecule has 1 amide bonds. The van der Waals surface area contributed by atoms with Gasteiger partial charge in [-0.05, 0) is 50.5 Å². The maximum atomic E-state index is 13.0. The van der Waals surface area contributed by atoms with Crippen molar-refractivity contribution in [1.29, 1.82) is 0 Å². The van der Waals surface area contributed by atoms with Gasteiger partial charge in [-0.3, -0.25) is 9.59 Å². The van der Waals surface area contributed by atoms with Crippen LogP contribution >= 0.6 is 0 Å². The van der Waals surface area contributed by atoms with Crippen LogP contribution in [0.2, 0.25) is 0 Å². The Bertz CT molecular complexity index is 786. The van der Waals surface area contributed by atoms with E-state index in [1.165, 1.54) is 4.90 Å². The Labute approximate surface area is 247 Å². The minimum absolute atomic E-state index is 0.0359. The molecule has 2 N–H and O–H groups in total. The zero-order valence-corrected chi connectivity index (χ0v) is 26.6. The third-order valence-electron chi connectivity index (χ3n) is 8.07. The summed E-state index contributed by atoms with van der Waals surface area (Å²) in [4.78, 5) is 37.7. The van der Waals surface area contributed by atoms with Crippen molar-refractivity contribution < 1.29 is 38.1 Å². The molecule has 0 aromatic rings. The maximum absolute atomic E-state index is 13.0. The van der Waals surface area contributed by atoms with Gasteiger partial charge in [-0.15, -0.1) is 0 Å². The maximum Gasteiger partial charge on any atom is 0.335 e. The summed E-state index contributed by atoms with van der Waals surface area (Å²) in [5, 5.41) is 0. The molecule has 1 saturated heterocycles. The second kappa shape index (κ2) is 20.0. The van der Waals surface area contributed by atoms with Crippen LogP contribution in [-0.4, -0.2) is 88.2 Å². The summed E-state index contributed by atoms with van der Waals surface area (Å²) in [5.41, 5.74) is 5.54. The Morgan fingerprint density at radius 3 is 2.27 bits per heavy atom. The van der Waals surface area contributed by atoms with Crippen molar-refractivity contribution in [3.05, 3.63) is 12.3 Å². The molecule has 238 valence electrons. The number of nitrogens with zero attached hydrogens (tertiary/aromatic N) is 1. The van der Waals surface area contributed by atoms with E-state index in [0.717, 1.165) is 19.3 Å². The lowest BCUT2D eigenvalue weighted by Gasteiger charge is -2.34. The molecule has 0 saturated carbocycles. The molecule has 1 aliphatic heterocycles. The van der Waals surface area contributed by atoms with Gasteiger partial charge in [0.25, 0.3) is 0 Å². The summed E-state index contributed by atoms with van der Waals surface area (Å²) in [5.74, 6) is -0.493. The monoisotopic (exact) mass is 584 g/mol. The Kier molecular flexibility index (Phi) is 18.0. The number of amides is 1. The average Bonchev–Trinajstić information content (AvgIpc) is 3.50. The second-order valence-corrected chi connectivity index (χ2v) is 11.7. The molecule has 0 radical (unpaired) electrons. The topological polar surface area (TPSA) is 127 Å². The Morgan fingerprint density at radius 2 is 1.73 bits per heavy atom. The third-order valence-corrected chi connectivity index (χ3v) is 8.07. The van der Waals surface area contributed by atoms with Gasteiger partial charge < -0.3 is 34.3 Å². The van der Waals surface area contributed by atoms with Gasteiger partial charge in [-0.1, -0.05) is 40.7 Å². The van der Waals surface area contributed by atoms with E-state index in [0.29, 0.717) is 45.3 Å². The van der Waals surface area contributed by atoms with E-state index in [1.807, 2.05) is 33.8 Å². The summed E-state index contributed by atoms with van der Waals surface area (Å²) < 4.78 is 29.2. The molecule has 0 spiro atoms. The van der Waals surface area contributed by atoms with Crippen LogP contribution in [0.1, 0.15) is 79.6 Å². The molecule has 0 aliphatic carbocycles. The largest absolute Gasteiger partial charge is 0.462 e. The smallest absolute Gasteiger partial charge is 0.335 e. The number of rotatable bonds is 21. The van der Waals surface area contributed by atoms with Gasteiger partial charge in [0.2, 0.25) is 6.41 Å². The van der Waals surface area contributed by atoms with Gasteiger partial charge in [-0.2, -0.15) is 0 Å². The summed E-state index contributed by atoms with van der Waals surface area (Å²) >= 11 is 0. The first-order valence-electron chi connectivity index (χ1n) is 15.1. The van der Waals surface area contributed by atoms with Gasteiger partial charge in [0.15, 0.2) is 6.10 Å².